The summed E-state index contributed by atoms with van der Waals surface area (Å²) in [6, 6.07) is 7.58. The number of hydrogen-bond donors (Lipinski definition) is 2. The number of nitrogens with one attached hydrogen (secondary N) is 1. The van der Waals surface area contributed by atoms with Crippen molar-refractivity contribution in [2.45, 2.75) is 19.4 Å². The van der Waals surface area contributed by atoms with E-state index in [0.717, 1.165) is 23.2 Å². The minimum Gasteiger partial charge on any atom is -0.459 e. The highest BCUT2D eigenvalue weighted by atomic mass is 35.5. The van der Waals surface area contributed by atoms with Gasteiger partial charge < -0.3 is 4.42 Å². The second kappa shape index (κ2) is 4.23. The highest BCUT2D eigenvalue weighted by Gasteiger charge is 2.12. The van der Waals surface area contributed by atoms with E-state index in [-0.39, 0.29) is 6.04 Å². The Kier molecular flexibility index (Phi) is 2.95. The Morgan fingerprint density at radius 1 is 1.47 bits per heavy atom. The molecule has 1 aromatic heterocycles. The van der Waals surface area contributed by atoms with E-state index in [9.17, 15) is 0 Å². The van der Waals surface area contributed by atoms with Gasteiger partial charge in [0.25, 0.3) is 0 Å². The lowest BCUT2D eigenvalue weighted by atomic mass is 10.1. The van der Waals surface area contributed by atoms with E-state index in [1.54, 1.807) is 0 Å². The van der Waals surface area contributed by atoms with Crippen LogP contribution < -0.4 is 11.3 Å². The molecule has 0 aliphatic carbocycles. The van der Waals surface area contributed by atoms with Crippen LogP contribution in [0.25, 0.3) is 11.0 Å². The second-order valence-electron chi connectivity index (χ2n) is 3.46. The highest BCUT2D eigenvalue weighted by molar-refractivity contribution is 6.31. The van der Waals surface area contributed by atoms with Gasteiger partial charge in [-0.25, -0.2) is 5.43 Å². The zero-order chi connectivity index (χ0) is 10.8. The van der Waals surface area contributed by atoms with Crippen molar-refractivity contribution in [3.8, 4) is 0 Å². The van der Waals surface area contributed by atoms with Crippen LogP contribution in [0.15, 0.2) is 28.7 Å². The van der Waals surface area contributed by atoms with E-state index in [4.69, 9.17) is 21.9 Å². The minimum atomic E-state index is 0.0520. The molecule has 0 radical (unpaired) electrons. The molecule has 1 heterocycles. The Labute approximate surface area is 93.2 Å². The molecular formula is C11H13ClN2O. The summed E-state index contributed by atoms with van der Waals surface area (Å²) in [6.07, 6.45) is 0.879. The molecule has 2 aromatic rings. The number of halogens is 1. The first-order valence-electron chi connectivity index (χ1n) is 4.89. The molecule has 2 rings (SSSR count). The number of hydrogen-bond acceptors (Lipinski definition) is 3. The Balaban J connectivity index is 2.46. The smallest absolute Gasteiger partial charge is 0.134 e. The average molecular weight is 225 g/mol. The number of nitrogens with two attached hydrogens (primary N) is 1. The van der Waals surface area contributed by atoms with Crippen LogP contribution in [0.3, 0.4) is 0 Å². The third-order valence-electron chi connectivity index (χ3n) is 2.45. The molecule has 1 aromatic carbocycles. The van der Waals surface area contributed by atoms with E-state index in [1.807, 2.05) is 31.2 Å². The Morgan fingerprint density at radius 3 is 2.93 bits per heavy atom. The van der Waals surface area contributed by atoms with E-state index in [0.29, 0.717) is 5.02 Å². The van der Waals surface area contributed by atoms with Gasteiger partial charge in [0, 0.05) is 10.4 Å². The van der Waals surface area contributed by atoms with Gasteiger partial charge >= 0.3 is 0 Å². The molecule has 1 unspecified atom stereocenters. The van der Waals surface area contributed by atoms with Crippen molar-refractivity contribution >= 4 is 22.6 Å². The van der Waals surface area contributed by atoms with Crippen LogP contribution in [0, 0.1) is 0 Å². The van der Waals surface area contributed by atoms with Crippen LogP contribution in [0.2, 0.25) is 5.02 Å². The second-order valence-corrected chi connectivity index (χ2v) is 3.89. The molecule has 0 amide bonds. The van der Waals surface area contributed by atoms with Crippen molar-refractivity contribution in [2.75, 3.05) is 0 Å². The van der Waals surface area contributed by atoms with Crippen molar-refractivity contribution in [3.63, 3.8) is 0 Å². The molecule has 80 valence electrons. The molecular weight excluding hydrogens is 212 g/mol. The van der Waals surface area contributed by atoms with Crippen molar-refractivity contribution in [2.24, 2.45) is 5.84 Å². The predicted octanol–water partition coefficient (Wildman–Crippen LogP) is 3.00. The fourth-order valence-corrected chi connectivity index (χ4v) is 1.79. The fourth-order valence-electron chi connectivity index (χ4n) is 1.61. The zero-order valence-corrected chi connectivity index (χ0v) is 9.21. The topological polar surface area (TPSA) is 51.2 Å². The van der Waals surface area contributed by atoms with Crippen LogP contribution in [0.5, 0.6) is 0 Å². The Bertz CT molecular complexity index is 463. The standard InChI is InChI=1S/C11H13ClN2O/c1-2-9(14-13)11-6-7-5-8(12)3-4-10(7)15-11/h3-6,9,14H,2,13H2,1H3. The zero-order valence-electron chi connectivity index (χ0n) is 8.46. The summed E-state index contributed by atoms with van der Waals surface area (Å²) in [7, 11) is 0. The normalized spacial score (nSPS) is 13.3. The third kappa shape index (κ3) is 2.00. The first kappa shape index (κ1) is 10.5. The van der Waals surface area contributed by atoms with E-state index < -0.39 is 0 Å². The number of benzene rings is 1. The number of furan rings is 1. The van der Waals surface area contributed by atoms with Gasteiger partial charge in [-0.1, -0.05) is 18.5 Å². The quantitative estimate of drug-likeness (QED) is 0.623. The van der Waals surface area contributed by atoms with Gasteiger partial charge in [0.2, 0.25) is 0 Å². The van der Waals surface area contributed by atoms with Gasteiger partial charge in [-0.3, -0.25) is 5.84 Å². The molecule has 0 saturated heterocycles. The largest absolute Gasteiger partial charge is 0.459 e. The molecule has 0 aliphatic heterocycles. The van der Waals surface area contributed by atoms with Gasteiger partial charge in [-0.2, -0.15) is 0 Å². The van der Waals surface area contributed by atoms with Crippen molar-refractivity contribution in [1.82, 2.24) is 5.43 Å². The highest BCUT2D eigenvalue weighted by Crippen LogP contribution is 2.27. The van der Waals surface area contributed by atoms with Gasteiger partial charge in [-0.15, -0.1) is 0 Å². The molecule has 3 nitrogen and oxygen atoms in total. The van der Waals surface area contributed by atoms with Gasteiger partial charge in [-0.05, 0) is 30.7 Å². The van der Waals surface area contributed by atoms with E-state index in [2.05, 4.69) is 5.43 Å². The maximum atomic E-state index is 5.89. The molecule has 0 bridgehead atoms. The predicted molar refractivity (Wildman–Crippen MR) is 61.6 cm³/mol. The summed E-state index contributed by atoms with van der Waals surface area (Å²) >= 11 is 5.89. The molecule has 15 heavy (non-hydrogen) atoms. The lowest BCUT2D eigenvalue weighted by Gasteiger charge is -2.08. The summed E-state index contributed by atoms with van der Waals surface area (Å²) in [5, 5.41) is 1.72. The minimum absolute atomic E-state index is 0.0520. The lowest BCUT2D eigenvalue weighted by molar-refractivity contribution is 0.428. The maximum absolute atomic E-state index is 5.89. The first-order chi connectivity index (χ1) is 7.24. The maximum Gasteiger partial charge on any atom is 0.134 e. The lowest BCUT2D eigenvalue weighted by Crippen LogP contribution is -2.26. The number of hydrazine groups is 1. The Morgan fingerprint density at radius 2 is 2.27 bits per heavy atom. The van der Waals surface area contributed by atoms with E-state index in [1.165, 1.54) is 0 Å². The number of fused-ring (bicyclic) bond motifs is 1. The van der Waals surface area contributed by atoms with Crippen molar-refractivity contribution < 1.29 is 4.42 Å². The Hall–Kier alpha value is -1.03. The molecule has 0 fully saturated rings. The third-order valence-corrected chi connectivity index (χ3v) is 2.69. The van der Waals surface area contributed by atoms with Crippen molar-refractivity contribution in [3.05, 3.63) is 35.0 Å². The van der Waals surface area contributed by atoms with Crippen LogP contribution >= 0.6 is 11.6 Å². The van der Waals surface area contributed by atoms with Crippen LogP contribution in [-0.4, -0.2) is 0 Å². The summed E-state index contributed by atoms with van der Waals surface area (Å²) in [5.74, 6) is 6.28. The number of rotatable bonds is 3. The van der Waals surface area contributed by atoms with Gasteiger partial charge in [0.05, 0.1) is 6.04 Å². The molecule has 4 heteroatoms. The van der Waals surface area contributed by atoms with Gasteiger partial charge in [0.1, 0.15) is 11.3 Å². The monoisotopic (exact) mass is 224 g/mol. The molecule has 3 N–H and O–H groups in total. The molecule has 0 aliphatic rings. The summed E-state index contributed by atoms with van der Waals surface area (Å²) < 4.78 is 5.67. The summed E-state index contributed by atoms with van der Waals surface area (Å²) in [6.45, 7) is 2.05. The molecule has 0 spiro atoms. The van der Waals surface area contributed by atoms with E-state index >= 15 is 0 Å². The van der Waals surface area contributed by atoms with Crippen LogP contribution in [0.4, 0.5) is 0 Å². The van der Waals surface area contributed by atoms with Gasteiger partial charge in [0.15, 0.2) is 0 Å². The SMILES string of the molecule is CCC(NN)c1cc2cc(Cl)ccc2o1. The molecule has 1 atom stereocenters. The fraction of sp³-hybridized carbons (Fsp3) is 0.273. The van der Waals surface area contributed by atoms with Crippen LogP contribution in [0.1, 0.15) is 25.1 Å². The van der Waals surface area contributed by atoms with Crippen molar-refractivity contribution in [1.29, 1.82) is 0 Å². The summed E-state index contributed by atoms with van der Waals surface area (Å²) in [5.41, 5.74) is 3.55. The van der Waals surface area contributed by atoms with Crippen LogP contribution in [-0.2, 0) is 0 Å². The first-order valence-corrected chi connectivity index (χ1v) is 5.27. The summed E-state index contributed by atoms with van der Waals surface area (Å²) in [4.78, 5) is 0. The average Bonchev–Trinajstić information content (AvgIpc) is 2.62. The molecule has 0 saturated carbocycles.